The van der Waals surface area contributed by atoms with Crippen molar-refractivity contribution in [2.24, 2.45) is 21.9 Å². The van der Waals surface area contributed by atoms with Crippen LogP contribution in [0.3, 0.4) is 0 Å². The standard InChI is InChI=1S/C14H24N2O2/c1-9(2)15-12(17)18-16-11-13(3,4)10-6-7-14(11,5)8-10/h9-10H,6-8H2,1-5H3,(H,15,17)/b16-11-/t10-,14+/m0/s1. The average molecular weight is 252 g/mol. The van der Waals surface area contributed by atoms with Crippen LogP contribution in [-0.2, 0) is 4.84 Å². The van der Waals surface area contributed by atoms with Gasteiger partial charge in [-0.15, -0.1) is 0 Å². The molecular weight excluding hydrogens is 228 g/mol. The molecule has 0 saturated heterocycles. The zero-order valence-electron chi connectivity index (χ0n) is 12.0. The lowest BCUT2D eigenvalue weighted by Crippen LogP contribution is -2.37. The maximum absolute atomic E-state index is 11.5. The predicted molar refractivity (Wildman–Crippen MR) is 71.4 cm³/mol. The molecule has 2 fully saturated rings. The van der Waals surface area contributed by atoms with Gasteiger partial charge in [0.25, 0.3) is 0 Å². The van der Waals surface area contributed by atoms with Crippen molar-refractivity contribution >= 4 is 11.8 Å². The Morgan fingerprint density at radius 2 is 2.11 bits per heavy atom. The molecule has 4 heteroatoms. The van der Waals surface area contributed by atoms with Crippen LogP contribution in [0.1, 0.15) is 53.9 Å². The number of carbonyl (C=O) groups is 1. The third-order valence-electron chi connectivity index (χ3n) is 4.57. The van der Waals surface area contributed by atoms with E-state index in [-0.39, 0.29) is 16.9 Å². The molecule has 2 aliphatic rings. The molecule has 0 aromatic rings. The SMILES string of the molecule is CC(C)NC(=O)O/N=C1/C(C)(C)[C@H]2CC[C@]1(C)C2. The summed E-state index contributed by atoms with van der Waals surface area (Å²) in [5.41, 5.74) is 1.25. The average Bonchev–Trinajstić information content (AvgIpc) is 2.67. The molecule has 4 nitrogen and oxygen atoms in total. The van der Waals surface area contributed by atoms with Crippen LogP contribution in [-0.4, -0.2) is 17.8 Å². The summed E-state index contributed by atoms with van der Waals surface area (Å²) in [6.45, 7) is 10.5. The predicted octanol–water partition coefficient (Wildman–Crippen LogP) is 3.32. The Morgan fingerprint density at radius 3 is 2.61 bits per heavy atom. The second-order valence-corrected chi connectivity index (χ2v) is 6.84. The van der Waals surface area contributed by atoms with Crippen LogP contribution >= 0.6 is 0 Å². The fraction of sp³-hybridized carbons (Fsp3) is 0.857. The number of nitrogens with zero attached hydrogens (tertiary/aromatic N) is 1. The zero-order chi connectivity index (χ0) is 13.6. The zero-order valence-corrected chi connectivity index (χ0v) is 12.0. The van der Waals surface area contributed by atoms with Gasteiger partial charge in [-0.3, -0.25) is 4.84 Å². The van der Waals surface area contributed by atoms with Crippen molar-refractivity contribution in [1.29, 1.82) is 0 Å². The molecule has 2 bridgehead atoms. The maximum atomic E-state index is 11.5. The van der Waals surface area contributed by atoms with Crippen LogP contribution < -0.4 is 5.32 Å². The fourth-order valence-corrected chi connectivity index (χ4v) is 3.62. The van der Waals surface area contributed by atoms with Crippen molar-refractivity contribution < 1.29 is 9.63 Å². The van der Waals surface area contributed by atoms with Crippen LogP contribution in [0, 0.1) is 16.7 Å². The van der Waals surface area contributed by atoms with Crippen LogP contribution in [0.4, 0.5) is 4.79 Å². The molecule has 2 rings (SSSR count). The molecule has 1 N–H and O–H groups in total. The minimum Gasteiger partial charge on any atom is -0.317 e. The van der Waals surface area contributed by atoms with Gasteiger partial charge in [0.15, 0.2) is 0 Å². The number of amides is 1. The molecule has 2 aliphatic carbocycles. The number of rotatable bonds is 2. The van der Waals surface area contributed by atoms with Gasteiger partial charge >= 0.3 is 6.09 Å². The molecule has 0 heterocycles. The third kappa shape index (κ3) is 2.13. The summed E-state index contributed by atoms with van der Waals surface area (Å²) in [7, 11) is 0. The smallest absolute Gasteiger partial charge is 0.317 e. The lowest BCUT2D eigenvalue weighted by atomic mass is 9.71. The van der Waals surface area contributed by atoms with E-state index in [1.165, 1.54) is 12.8 Å². The van der Waals surface area contributed by atoms with Gasteiger partial charge in [0.1, 0.15) is 0 Å². The van der Waals surface area contributed by atoms with E-state index in [0.717, 1.165) is 12.1 Å². The molecule has 0 aromatic heterocycles. The number of nitrogens with one attached hydrogen (secondary N) is 1. The summed E-state index contributed by atoms with van der Waals surface area (Å²) < 4.78 is 0. The van der Waals surface area contributed by atoms with Gasteiger partial charge in [0.2, 0.25) is 0 Å². The van der Waals surface area contributed by atoms with Gasteiger partial charge in [-0.05, 0) is 39.0 Å². The van der Waals surface area contributed by atoms with Gasteiger partial charge in [0.05, 0.1) is 5.71 Å². The highest BCUT2D eigenvalue weighted by Gasteiger charge is 2.57. The van der Waals surface area contributed by atoms with Gasteiger partial charge in [0, 0.05) is 16.9 Å². The first-order valence-corrected chi connectivity index (χ1v) is 6.82. The first-order valence-electron chi connectivity index (χ1n) is 6.82. The van der Waals surface area contributed by atoms with Crippen LogP contribution in [0.25, 0.3) is 0 Å². The Kier molecular flexibility index (Phi) is 3.16. The van der Waals surface area contributed by atoms with Gasteiger partial charge in [-0.2, -0.15) is 0 Å². The minimum atomic E-state index is -0.459. The van der Waals surface area contributed by atoms with Gasteiger partial charge in [-0.1, -0.05) is 25.9 Å². The Hall–Kier alpha value is -1.06. The van der Waals surface area contributed by atoms with Gasteiger partial charge in [-0.25, -0.2) is 4.79 Å². The van der Waals surface area contributed by atoms with Crippen LogP contribution in [0.5, 0.6) is 0 Å². The molecule has 1 amide bonds. The van der Waals surface area contributed by atoms with E-state index in [4.69, 9.17) is 4.84 Å². The number of fused-ring (bicyclic) bond motifs is 2. The van der Waals surface area contributed by atoms with Crippen molar-refractivity contribution in [3.05, 3.63) is 0 Å². The summed E-state index contributed by atoms with van der Waals surface area (Å²) in [5, 5.41) is 6.87. The second-order valence-electron chi connectivity index (χ2n) is 6.84. The summed E-state index contributed by atoms with van der Waals surface area (Å²) in [4.78, 5) is 16.5. The monoisotopic (exact) mass is 252 g/mol. The molecule has 0 aromatic carbocycles. The van der Waals surface area contributed by atoms with Crippen molar-refractivity contribution in [3.63, 3.8) is 0 Å². The lowest BCUT2D eigenvalue weighted by Gasteiger charge is -2.34. The Balaban J connectivity index is 2.10. The molecule has 0 aliphatic heterocycles. The van der Waals surface area contributed by atoms with E-state index >= 15 is 0 Å². The number of hydrogen-bond acceptors (Lipinski definition) is 3. The van der Waals surface area contributed by atoms with E-state index < -0.39 is 6.09 Å². The fourth-order valence-electron chi connectivity index (χ4n) is 3.62. The Labute approximate surface area is 109 Å². The second kappa shape index (κ2) is 4.25. The highest BCUT2D eigenvalue weighted by atomic mass is 16.7. The molecular formula is C14H24N2O2. The van der Waals surface area contributed by atoms with E-state index in [9.17, 15) is 4.79 Å². The van der Waals surface area contributed by atoms with E-state index in [1.54, 1.807) is 0 Å². The third-order valence-corrected chi connectivity index (χ3v) is 4.57. The van der Waals surface area contributed by atoms with Gasteiger partial charge < -0.3 is 5.32 Å². The van der Waals surface area contributed by atoms with Crippen LogP contribution in [0.2, 0.25) is 0 Å². The summed E-state index contributed by atoms with van der Waals surface area (Å²) >= 11 is 0. The van der Waals surface area contributed by atoms with Crippen molar-refractivity contribution in [2.75, 3.05) is 0 Å². The van der Waals surface area contributed by atoms with E-state index in [2.05, 4.69) is 31.2 Å². The maximum Gasteiger partial charge on any atom is 0.433 e. The Bertz CT molecular complexity index is 381. The highest BCUT2D eigenvalue weighted by Crippen LogP contribution is 2.60. The van der Waals surface area contributed by atoms with E-state index in [0.29, 0.717) is 5.92 Å². The van der Waals surface area contributed by atoms with Crippen molar-refractivity contribution in [3.8, 4) is 0 Å². The molecule has 0 radical (unpaired) electrons. The quantitative estimate of drug-likeness (QED) is 0.605. The molecule has 102 valence electrons. The Morgan fingerprint density at radius 1 is 1.44 bits per heavy atom. The minimum absolute atomic E-state index is 0.0606. The lowest BCUT2D eigenvalue weighted by molar-refractivity contribution is 0.144. The molecule has 2 atom stereocenters. The molecule has 0 spiro atoms. The topological polar surface area (TPSA) is 50.7 Å². The van der Waals surface area contributed by atoms with Crippen molar-refractivity contribution in [1.82, 2.24) is 5.32 Å². The summed E-state index contributed by atoms with van der Waals surface area (Å²) in [5.74, 6) is 0.679. The highest BCUT2D eigenvalue weighted by molar-refractivity contribution is 5.97. The molecule has 18 heavy (non-hydrogen) atoms. The number of carbonyl (C=O) groups excluding carboxylic acids is 1. The first-order chi connectivity index (χ1) is 8.25. The molecule has 0 unspecified atom stereocenters. The number of hydrogen-bond donors (Lipinski definition) is 1. The van der Waals surface area contributed by atoms with Crippen molar-refractivity contribution in [2.45, 2.75) is 59.9 Å². The number of oxime groups is 1. The van der Waals surface area contributed by atoms with E-state index in [1.807, 2.05) is 13.8 Å². The first kappa shape index (κ1) is 13.4. The van der Waals surface area contributed by atoms with Crippen LogP contribution in [0.15, 0.2) is 5.16 Å². The largest absolute Gasteiger partial charge is 0.433 e. The summed E-state index contributed by atoms with van der Waals surface area (Å²) in [6, 6.07) is 0.0707. The summed E-state index contributed by atoms with van der Waals surface area (Å²) in [6.07, 6.45) is 3.14. The normalized spacial score (nSPS) is 35.2. The molecule has 2 saturated carbocycles.